The topological polar surface area (TPSA) is 95.6 Å². The molecule has 0 aliphatic rings. The summed E-state index contributed by atoms with van der Waals surface area (Å²) in [6.45, 7) is 7.88. The summed E-state index contributed by atoms with van der Waals surface area (Å²) < 4.78 is 39.5. The van der Waals surface area contributed by atoms with Crippen molar-refractivity contribution in [1.29, 1.82) is 0 Å². The number of carbonyl (C=O) groups is 2. The molecule has 0 aliphatic heterocycles. The molecule has 2 N–H and O–H groups in total. The zero-order chi connectivity index (χ0) is 24.6. The Kier molecular flexibility index (Phi) is 9.87. The van der Waals surface area contributed by atoms with Gasteiger partial charge in [-0.3, -0.25) is 9.59 Å². The number of amides is 2. The average Bonchev–Trinajstić information content (AvgIpc) is 2.79. The summed E-state index contributed by atoms with van der Waals surface area (Å²) in [5.74, 6) is -0.841. The van der Waals surface area contributed by atoms with Gasteiger partial charge in [-0.15, -0.1) is 11.8 Å². The van der Waals surface area contributed by atoms with E-state index in [4.69, 9.17) is 0 Å². The van der Waals surface area contributed by atoms with E-state index in [0.717, 1.165) is 5.56 Å². The number of rotatable bonds is 11. The number of sulfonamides is 1. The van der Waals surface area contributed by atoms with Crippen LogP contribution in [0.5, 0.6) is 0 Å². The summed E-state index contributed by atoms with van der Waals surface area (Å²) >= 11 is 1.18. The monoisotopic (exact) mass is 495 g/mol. The lowest BCUT2D eigenvalue weighted by atomic mass is 10.1. The normalized spacial score (nSPS) is 13.4. The molecule has 0 aliphatic carbocycles. The Hall–Kier alpha value is -2.43. The molecular weight excluding hydrogens is 465 g/mol. The van der Waals surface area contributed by atoms with Crippen molar-refractivity contribution in [1.82, 2.24) is 9.62 Å². The number of nitrogens with one attached hydrogen (secondary N) is 2. The Labute approximate surface area is 199 Å². The van der Waals surface area contributed by atoms with E-state index in [9.17, 15) is 22.4 Å². The maximum Gasteiger partial charge on any atom is 0.243 e. The highest BCUT2D eigenvalue weighted by Crippen LogP contribution is 2.20. The maximum absolute atomic E-state index is 12.9. The van der Waals surface area contributed by atoms with Gasteiger partial charge in [-0.1, -0.05) is 26.0 Å². The molecule has 0 radical (unpaired) electrons. The fourth-order valence-electron chi connectivity index (χ4n) is 3.06. The minimum absolute atomic E-state index is 0.0677. The standard InChI is InChI=1S/C23H30FN3O4S2/c1-5-27(6-2)33(30,31)21-13-7-18(8-14-21)16(3)25-23(29)17(4)32-15-22(28)26-20-11-9-19(24)10-12-20/h7-14,16-17H,5-6,15H2,1-4H3,(H,25,29)(H,26,28). The molecule has 33 heavy (non-hydrogen) atoms. The largest absolute Gasteiger partial charge is 0.349 e. The molecule has 2 atom stereocenters. The van der Waals surface area contributed by atoms with Crippen molar-refractivity contribution in [2.45, 2.75) is 43.9 Å². The van der Waals surface area contributed by atoms with E-state index in [1.807, 2.05) is 6.92 Å². The van der Waals surface area contributed by atoms with Crippen LogP contribution >= 0.6 is 11.8 Å². The second-order valence-corrected chi connectivity index (χ2v) is 10.7. The molecule has 0 bridgehead atoms. The highest BCUT2D eigenvalue weighted by atomic mass is 32.2. The summed E-state index contributed by atoms with van der Waals surface area (Å²) in [6.07, 6.45) is 0. The number of nitrogens with zero attached hydrogens (tertiary/aromatic N) is 1. The third kappa shape index (κ3) is 7.55. The number of hydrogen-bond acceptors (Lipinski definition) is 5. The van der Waals surface area contributed by atoms with Gasteiger partial charge in [-0.25, -0.2) is 12.8 Å². The molecule has 0 aromatic heterocycles. The van der Waals surface area contributed by atoms with Crippen LogP contribution in [-0.2, 0) is 19.6 Å². The zero-order valence-corrected chi connectivity index (χ0v) is 20.8. The number of anilines is 1. The van der Waals surface area contributed by atoms with Crippen molar-refractivity contribution in [3.05, 3.63) is 59.9 Å². The van der Waals surface area contributed by atoms with Crippen LogP contribution in [0.2, 0.25) is 0 Å². The van der Waals surface area contributed by atoms with E-state index >= 15 is 0 Å². The van der Waals surface area contributed by atoms with Gasteiger partial charge in [0.2, 0.25) is 21.8 Å². The minimum Gasteiger partial charge on any atom is -0.349 e. The van der Waals surface area contributed by atoms with Crippen LogP contribution in [0.25, 0.3) is 0 Å². The summed E-state index contributed by atoms with van der Waals surface area (Å²) in [6, 6.07) is 11.6. The van der Waals surface area contributed by atoms with Gasteiger partial charge in [0.1, 0.15) is 5.82 Å². The summed E-state index contributed by atoms with van der Waals surface area (Å²) in [7, 11) is -3.53. The number of thioether (sulfide) groups is 1. The maximum atomic E-state index is 12.9. The average molecular weight is 496 g/mol. The molecule has 2 unspecified atom stereocenters. The third-order valence-electron chi connectivity index (χ3n) is 5.04. The Bertz CT molecular complexity index is 1040. The number of hydrogen-bond donors (Lipinski definition) is 2. The van der Waals surface area contributed by atoms with Crippen molar-refractivity contribution in [3.8, 4) is 0 Å². The molecule has 2 aromatic carbocycles. The van der Waals surface area contributed by atoms with E-state index in [1.165, 1.54) is 40.3 Å². The quantitative estimate of drug-likeness (QED) is 0.495. The Morgan fingerprint density at radius 1 is 1.00 bits per heavy atom. The molecule has 0 fully saturated rings. The van der Waals surface area contributed by atoms with E-state index in [1.54, 1.807) is 45.0 Å². The first-order valence-electron chi connectivity index (χ1n) is 10.7. The first kappa shape index (κ1) is 26.8. The predicted molar refractivity (Wildman–Crippen MR) is 130 cm³/mol. The Balaban J connectivity index is 1.88. The van der Waals surface area contributed by atoms with E-state index < -0.39 is 15.3 Å². The van der Waals surface area contributed by atoms with Gasteiger partial charge < -0.3 is 10.6 Å². The molecule has 180 valence electrons. The number of halogens is 1. The van der Waals surface area contributed by atoms with Crippen LogP contribution in [0.3, 0.4) is 0 Å². The smallest absolute Gasteiger partial charge is 0.243 e. The van der Waals surface area contributed by atoms with Gasteiger partial charge in [0.25, 0.3) is 0 Å². The second-order valence-electron chi connectivity index (χ2n) is 7.40. The molecule has 2 rings (SSSR count). The number of carbonyl (C=O) groups excluding carboxylic acids is 2. The first-order valence-corrected chi connectivity index (χ1v) is 13.1. The molecule has 0 saturated heterocycles. The predicted octanol–water partition coefficient (Wildman–Crippen LogP) is 3.79. The molecule has 0 heterocycles. The fourth-order valence-corrected chi connectivity index (χ4v) is 5.21. The summed E-state index contributed by atoms with van der Waals surface area (Å²) in [5, 5.41) is 5.06. The van der Waals surface area contributed by atoms with Crippen molar-refractivity contribution in [2.24, 2.45) is 0 Å². The molecule has 7 nitrogen and oxygen atoms in total. The van der Waals surface area contributed by atoms with E-state index in [2.05, 4.69) is 10.6 Å². The first-order chi connectivity index (χ1) is 15.6. The lowest BCUT2D eigenvalue weighted by Gasteiger charge is -2.20. The fraction of sp³-hybridized carbons (Fsp3) is 0.391. The van der Waals surface area contributed by atoms with Gasteiger partial charge in [0.15, 0.2) is 0 Å². The van der Waals surface area contributed by atoms with Crippen LogP contribution in [0.15, 0.2) is 53.4 Å². The van der Waals surface area contributed by atoms with Gasteiger partial charge in [0, 0.05) is 18.8 Å². The SMILES string of the molecule is CCN(CC)S(=O)(=O)c1ccc(C(C)NC(=O)C(C)SCC(=O)Nc2ccc(F)cc2)cc1. The molecule has 10 heteroatoms. The van der Waals surface area contributed by atoms with Crippen LogP contribution in [0.4, 0.5) is 10.1 Å². The highest BCUT2D eigenvalue weighted by Gasteiger charge is 2.22. The van der Waals surface area contributed by atoms with Crippen LogP contribution in [0, 0.1) is 5.82 Å². The molecule has 2 amide bonds. The van der Waals surface area contributed by atoms with Crippen LogP contribution in [0.1, 0.15) is 39.3 Å². The lowest BCUT2D eigenvalue weighted by molar-refractivity contribution is -0.120. The molecule has 2 aromatic rings. The lowest BCUT2D eigenvalue weighted by Crippen LogP contribution is -2.34. The van der Waals surface area contributed by atoms with Crippen molar-refractivity contribution < 1.29 is 22.4 Å². The summed E-state index contributed by atoms with van der Waals surface area (Å²) in [4.78, 5) is 24.8. The number of benzene rings is 2. The zero-order valence-electron chi connectivity index (χ0n) is 19.2. The Morgan fingerprint density at radius 2 is 1.58 bits per heavy atom. The second kappa shape index (κ2) is 12.2. The summed E-state index contributed by atoms with van der Waals surface area (Å²) in [5.41, 5.74) is 1.26. The van der Waals surface area contributed by atoms with Gasteiger partial charge >= 0.3 is 0 Å². The van der Waals surface area contributed by atoms with Crippen molar-refractivity contribution >= 4 is 39.3 Å². The van der Waals surface area contributed by atoms with Gasteiger partial charge in [-0.2, -0.15) is 4.31 Å². The molecule has 0 saturated carbocycles. The van der Waals surface area contributed by atoms with Crippen LogP contribution < -0.4 is 10.6 Å². The Morgan fingerprint density at radius 3 is 2.12 bits per heavy atom. The highest BCUT2D eigenvalue weighted by molar-refractivity contribution is 8.01. The molecule has 0 spiro atoms. The van der Waals surface area contributed by atoms with Crippen LogP contribution in [-0.4, -0.2) is 48.6 Å². The van der Waals surface area contributed by atoms with E-state index in [0.29, 0.717) is 18.8 Å². The van der Waals surface area contributed by atoms with Gasteiger partial charge in [-0.05, 0) is 55.8 Å². The minimum atomic E-state index is -3.53. The third-order valence-corrected chi connectivity index (χ3v) is 8.25. The van der Waals surface area contributed by atoms with Crippen molar-refractivity contribution in [3.63, 3.8) is 0 Å². The van der Waals surface area contributed by atoms with Gasteiger partial charge in [0.05, 0.1) is 21.9 Å². The van der Waals surface area contributed by atoms with Crippen molar-refractivity contribution in [2.75, 3.05) is 24.2 Å². The molecular formula is C23H30FN3O4S2. The van der Waals surface area contributed by atoms with E-state index in [-0.39, 0.29) is 34.3 Å².